The Morgan fingerprint density at radius 3 is 2.27 bits per heavy atom. The average molecular weight is 207 g/mol. The van der Waals surface area contributed by atoms with Crippen molar-refractivity contribution in [3.63, 3.8) is 0 Å². The van der Waals surface area contributed by atoms with Crippen molar-refractivity contribution in [1.82, 2.24) is 0 Å². The van der Waals surface area contributed by atoms with E-state index in [1.54, 1.807) is 6.07 Å². The molecule has 1 rings (SSSR count). The van der Waals surface area contributed by atoms with Crippen LogP contribution in [-0.4, -0.2) is 17.0 Å². The van der Waals surface area contributed by atoms with E-state index in [4.69, 9.17) is 5.11 Å². The molecule has 0 heterocycles. The first-order chi connectivity index (χ1) is 6.93. The van der Waals surface area contributed by atoms with E-state index in [0.717, 1.165) is 16.7 Å². The molecule has 0 saturated carbocycles. The molecule has 0 unspecified atom stereocenters. The lowest BCUT2D eigenvalue weighted by Gasteiger charge is -2.10. The largest absolute Gasteiger partial charge is 0.474 e. The van der Waals surface area contributed by atoms with Gasteiger partial charge in [-0.3, -0.25) is 4.79 Å². The number of hydrogen-bond donors (Lipinski definition) is 2. The maximum Gasteiger partial charge on any atom is 0.394 e. The highest BCUT2D eigenvalue weighted by Gasteiger charge is 2.13. The molecule has 2 N–H and O–H groups in total. The molecule has 0 aliphatic heterocycles. The van der Waals surface area contributed by atoms with Crippen molar-refractivity contribution in [2.75, 3.05) is 5.32 Å². The highest BCUT2D eigenvalue weighted by molar-refractivity contribution is 6.36. The number of nitrogens with one attached hydrogen (secondary N) is 1. The molecule has 0 aliphatic carbocycles. The Bertz CT molecular complexity index is 424. The molecule has 0 aromatic heterocycles. The SMILES string of the molecule is Cc1ccc(NC(=O)C(=O)O)c(C)c1C. The van der Waals surface area contributed by atoms with Gasteiger partial charge in [-0.25, -0.2) is 4.79 Å². The number of amides is 1. The lowest BCUT2D eigenvalue weighted by molar-refractivity contribution is -0.147. The first kappa shape index (κ1) is 11.2. The molecule has 80 valence electrons. The van der Waals surface area contributed by atoms with Gasteiger partial charge in [0.25, 0.3) is 0 Å². The maximum absolute atomic E-state index is 11.0. The second kappa shape index (κ2) is 4.13. The summed E-state index contributed by atoms with van der Waals surface area (Å²) in [6.45, 7) is 5.74. The van der Waals surface area contributed by atoms with Crippen molar-refractivity contribution in [3.05, 3.63) is 28.8 Å². The molecule has 1 aromatic rings. The fourth-order valence-electron chi connectivity index (χ4n) is 1.27. The quantitative estimate of drug-likeness (QED) is 0.688. The number of rotatable bonds is 1. The zero-order chi connectivity index (χ0) is 11.6. The smallest absolute Gasteiger partial charge is 0.394 e. The van der Waals surface area contributed by atoms with E-state index in [1.165, 1.54) is 0 Å². The second-order valence-corrected chi connectivity index (χ2v) is 3.44. The number of carboxylic acid groups (broad SMARTS) is 1. The zero-order valence-corrected chi connectivity index (χ0v) is 8.92. The van der Waals surface area contributed by atoms with Crippen LogP contribution in [0, 0.1) is 20.8 Å². The number of aryl methyl sites for hydroxylation is 1. The third kappa shape index (κ3) is 2.34. The molecule has 4 nitrogen and oxygen atoms in total. The summed E-state index contributed by atoms with van der Waals surface area (Å²) < 4.78 is 0. The summed E-state index contributed by atoms with van der Waals surface area (Å²) >= 11 is 0. The Balaban J connectivity index is 3.02. The van der Waals surface area contributed by atoms with Crippen LogP contribution in [0.3, 0.4) is 0 Å². The third-order valence-electron chi connectivity index (χ3n) is 2.50. The lowest BCUT2D eigenvalue weighted by atomic mass is 10.0. The molecule has 4 heteroatoms. The van der Waals surface area contributed by atoms with Crippen LogP contribution in [-0.2, 0) is 9.59 Å². The number of anilines is 1. The van der Waals surface area contributed by atoms with Gasteiger partial charge in [-0.15, -0.1) is 0 Å². The number of carbonyl (C=O) groups is 2. The number of aliphatic carboxylic acids is 1. The van der Waals surface area contributed by atoms with E-state index in [1.807, 2.05) is 26.8 Å². The van der Waals surface area contributed by atoms with Crippen LogP contribution in [0.15, 0.2) is 12.1 Å². The fraction of sp³-hybridized carbons (Fsp3) is 0.273. The van der Waals surface area contributed by atoms with Gasteiger partial charge < -0.3 is 10.4 Å². The Labute approximate surface area is 87.9 Å². The van der Waals surface area contributed by atoms with Crippen LogP contribution < -0.4 is 5.32 Å². The predicted octanol–water partition coefficient (Wildman–Crippen LogP) is 1.63. The van der Waals surface area contributed by atoms with Crippen molar-refractivity contribution >= 4 is 17.6 Å². The predicted molar refractivity (Wildman–Crippen MR) is 56.9 cm³/mol. The van der Waals surface area contributed by atoms with Gasteiger partial charge in [0.05, 0.1) is 0 Å². The molecule has 0 saturated heterocycles. The summed E-state index contributed by atoms with van der Waals surface area (Å²) in [5.74, 6) is -2.49. The summed E-state index contributed by atoms with van der Waals surface area (Å²) in [4.78, 5) is 21.3. The summed E-state index contributed by atoms with van der Waals surface area (Å²) in [6, 6.07) is 3.55. The fourth-order valence-corrected chi connectivity index (χ4v) is 1.27. The van der Waals surface area contributed by atoms with Crippen molar-refractivity contribution < 1.29 is 14.7 Å². The van der Waals surface area contributed by atoms with Crippen LogP contribution in [0.1, 0.15) is 16.7 Å². The van der Waals surface area contributed by atoms with Gasteiger partial charge in [0.2, 0.25) is 0 Å². The van der Waals surface area contributed by atoms with E-state index >= 15 is 0 Å². The highest BCUT2D eigenvalue weighted by atomic mass is 16.4. The molecule has 1 aromatic carbocycles. The summed E-state index contributed by atoms with van der Waals surface area (Å²) in [7, 11) is 0. The Morgan fingerprint density at radius 2 is 1.73 bits per heavy atom. The first-order valence-corrected chi connectivity index (χ1v) is 4.54. The first-order valence-electron chi connectivity index (χ1n) is 4.54. The van der Waals surface area contributed by atoms with E-state index in [0.29, 0.717) is 5.69 Å². The van der Waals surface area contributed by atoms with Crippen molar-refractivity contribution in [2.24, 2.45) is 0 Å². The zero-order valence-electron chi connectivity index (χ0n) is 8.92. The maximum atomic E-state index is 11.0. The van der Waals surface area contributed by atoms with Crippen LogP contribution in [0.5, 0.6) is 0 Å². The van der Waals surface area contributed by atoms with E-state index < -0.39 is 11.9 Å². The van der Waals surface area contributed by atoms with Gasteiger partial charge in [0, 0.05) is 5.69 Å². The van der Waals surface area contributed by atoms with Crippen LogP contribution in [0.4, 0.5) is 5.69 Å². The minimum Gasteiger partial charge on any atom is -0.474 e. The third-order valence-corrected chi connectivity index (χ3v) is 2.50. The van der Waals surface area contributed by atoms with Crippen LogP contribution in [0.2, 0.25) is 0 Å². The lowest BCUT2D eigenvalue weighted by Crippen LogP contribution is -2.22. The molecule has 0 aliphatic rings. The molecule has 0 fully saturated rings. The van der Waals surface area contributed by atoms with E-state index in [2.05, 4.69) is 5.32 Å². The minimum absolute atomic E-state index is 0.547. The highest BCUT2D eigenvalue weighted by Crippen LogP contribution is 2.21. The number of carboxylic acids is 1. The van der Waals surface area contributed by atoms with E-state index in [-0.39, 0.29) is 0 Å². The van der Waals surface area contributed by atoms with Gasteiger partial charge in [0.15, 0.2) is 0 Å². The van der Waals surface area contributed by atoms with Gasteiger partial charge in [-0.05, 0) is 43.5 Å². The van der Waals surface area contributed by atoms with Crippen LogP contribution >= 0.6 is 0 Å². The Hall–Kier alpha value is -1.84. The molecule has 1 amide bonds. The molecule has 0 bridgehead atoms. The summed E-state index contributed by atoms with van der Waals surface area (Å²) in [5.41, 5.74) is 3.61. The number of carbonyl (C=O) groups excluding carboxylic acids is 1. The van der Waals surface area contributed by atoms with Gasteiger partial charge in [-0.1, -0.05) is 6.07 Å². The van der Waals surface area contributed by atoms with Crippen molar-refractivity contribution in [1.29, 1.82) is 0 Å². The second-order valence-electron chi connectivity index (χ2n) is 3.44. The summed E-state index contributed by atoms with van der Waals surface area (Å²) in [6.07, 6.45) is 0. The standard InChI is InChI=1S/C11H13NO3/c1-6-4-5-9(8(3)7(6)2)12-10(13)11(14)15/h4-5H,1-3H3,(H,12,13)(H,14,15). The Kier molecular flexibility index (Phi) is 3.09. The average Bonchev–Trinajstić information content (AvgIpc) is 2.18. The molecular formula is C11H13NO3. The normalized spacial score (nSPS) is 9.80. The Morgan fingerprint density at radius 1 is 1.13 bits per heavy atom. The van der Waals surface area contributed by atoms with Gasteiger partial charge >= 0.3 is 11.9 Å². The van der Waals surface area contributed by atoms with Crippen molar-refractivity contribution in [2.45, 2.75) is 20.8 Å². The molecular weight excluding hydrogens is 194 g/mol. The molecule has 0 spiro atoms. The molecule has 15 heavy (non-hydrogen) atoms. The van der Waals surface area contributed by atoms with E-state index in [9.17, 15) is 9.59 Å². The number of benzene rings is 1. The van der Waals surface area contributed by atoms with Crippen LogP contribution in [0.25, 0.3) is 0 Å². The van der Waals surface area contributed by atoms with Gasteiger partial charge in [-0.2, -0.15) is 0 Å². The minimum atomic E-state index is -1.48. The topological polar surface area (TPSA) is 66.4 Å². The molecule has 0 atom stereocenters. The monoisotopic (exact) mass is 207 g/mol. The molecule has 0 radical (unpaired) electrons. The van der Waals surface area contributed by atoms with Gasteiger partial charge in [0.1, 0.15) is 0 Å². The summed E-state index contributed by atoms with van der Waals surface area (Å²) in [5, 5.41) is 10.8. The van der Waals surface area contributed by atoms with Crippen molar-refractivity contribution in [3.8, 4) is 0 Å². The number of hydrogen-bond acceptors (Lipinski definition) is 2.